The lowest BCUT2D eigenvalue weighted by molar-refractivity contribution is 0.0257. The van der Waals surface area contributed by atoms with Gasteiger partial charge < -0.3 is 4.74 Å². The Hall–Kier alpha value is -2.23. The van der Waals surface area contributed by atoms with Crippen LogP contribution in [-0.4, -0.2) is 29.2 Å². The van der Waals surface area contributed by atoms with Crippen LogP contribution in [0.1, 0.15) is 38.7 Å². The molecule has 2 rings (SSSR count). The number of hydrogen-bond acceptors (Lipinski definition) is 3. The zero-order chi connectivity index (χ0) is 17.4. The fraction of sp³-hybridized carbons (Fsp3) is 0.500. The SMILES string of the molecule is CC(C)(C)OC(=O)N1CC(c2c(F)ccc(F)c2F)CC1C#N. The van der Waals surface area contributed by atoms with Crippen LogP contribution in [0.2, 0.25) is 0 Å². The van der Waals surface area contributed by atoms with Gasteiger partial charge >= 0.3 is 6.09 Å². The second-order valence-electron chi connectivity index (χ2n) is 6.47. The molecule has 4 nitrogen and oxygen atoms in total. The molecule has 1 saturated heterocycles. The van der Waals surface area contributed by atoms with Crippen molar-refractivity contribution in [1.82, 2.24) is 4.90 Å². The largest absolute Gasteiger partial charge is 0.444 e. The first-order chi connectivity index (χ1) is 10.6. The van der Waals surface area contributed by atoms with Crippen LogP contribution >= 0.6 is 0 Å². The lowest BCUT2D eigenvalue weighted by atomic mass is 9.95. The van der Waals surface area contributed by atoms with Crippen LogP contribution in [0.25, 0.3) is 0 Å². The summed E-state index contributed by atoms with van der Waals surface area (Å²) in [6.45, 7) is 4.91. The van der Waals surface area contributed by atoms with Gasteiger partial charge in [-0.1, -0.05) is 0 Å². The molecule has 23 heavy (non-hydrogen) atoms. The third kappa shape index (κ3) is 3.58. The van der Waals surface area contributed by atoms with E-state index in [0.717, 1.165) is 11.0 Å². The maximum atomic E-state index is 13.9. The van der Waals surface area contributed by atoms with Crippen LogP contribution in [0.3, 0.4) is 0 Å². The average molecular weight is 326 g/mol. The van der Waals surface area contributed by atoms with E-state index in [1.165, 1.54) is 0 Å². The lowest BCUT2D eigenvalue weighted by Gasteiger charge is -2.26. The Kier molecular flexibility index (Phi) is 4.55. The molecule has 1 aliphatic rings. The Balaban J connectivity index is 2.28. The highest BCUT2D eigenvalue weighted by molar-refractivity contribution is 5.69. The van der Waals surface area contributed by atoms with Crippen LogP contribution in [0.15, 0.2) is 12.1 Å². The van der Waals surface area contributed by atoms with Gasteiger partial charge in [0.05, 0.1) is 6.07 Å². The fourth-order valence-corrected chi connectivity index (χ4v) is 2.61. The molecule has 2 unspecified atom stereocenters. The van der Waals surface area contributed by atoms with E-state index in [9.17, 15) is 23.2 Å². The zero-order valence-corrected chi connectivity index (χ0v) is 13.1. The van der Waals surface area contributed by atoms with Crippen LogP contribution < -0.4 is 0 Å². The summed E-state index contributed by atoms with van der Waals surface area (Å²) in [6.07, 6.45) is -0.712. The molecule has 1 aromatic rings. The maximum absolute atomic E-state index is 13.9. The second kappa shape index (κ2) is 6.11. The van der Waals surface area contributed by atoms with Gasteiger partial charge in [0.2, 0.25) is 0 Å². The van der Waals surface area contributed by atoms with Gasteiger partial charge in [-0.25, -0.2) is 18.0 Å². The molecule has 1 aliphatic heterocycles. The summed E-state index contributed by atoms with van der Waals surface area (Å²) < 4.78 is 46.4. The molecule has 1 heterocycles. The number of benzene rings is 1. The molecule has 0 bridgehead atoms. The number of carbonyl (C=O) groups is 1. The van der Waals surface area contributed by atoms with Crippen molar-refractivity contribution in [1.29, 1.82) is 5.26 Å². The Labute approximate surface area is 132 Å². The average Bonchev–Trinajstić information content (AvgIpc) is 2.85. The van der Waals surface area contributed by atoms with E-state index in [1.54, 1.807) is 20.8 Å². The first-order valence-electron chi connectivity index (χ1n) is 7.16. The maximum Gasteiger partial charge on any atom is 0.411 e. The Morgan fingerprint density at radius 1 is 1.30 bits per heavy atom. The monoisotopic (exact) mass is 326 g/mol. The van der Waals surface area contributed by atoms with E-state index < -0.39 is 46.7 Å². The minimum absolute atomic E-state index is 0.0209. The van der Waals surface area contributed by atoms with Gasteiger partial charge in [-0.3, -0.25) is 4.90 Å². The molecule has 1 aromatic carbocycles. The second-order valence-corrected chi connectivity index (χ2v) is 6.47. The first kappa shape index (κ1) is 17.1. The van der Waals surface area contributed by atoms with Crippen molar-refractivity contribution in [2.24, 2.45) is 0 Å². The van der Waals surface area contributed by atoms with Crippen molar-refractivity contribution >= 4 is 6.09 Å². The van der Waals surface area contributed by atoms with Gasteiger partial charge in [0.25, 0.3) is 0 Å². The van der Waals surface area contributed by atoms with E-state index in [1.807, 2.05) is 6.07 Å². The number of nitrogens with zero attached hydrogens (tertiary/aromatic N) is 2. The third-order valence-electron chi connectivity index (χ3n) is 3.57. The Morgan fingerprint density at radius 3 is 2.48 bits per heavy atom. The molecular weight excluding hydrogens is 309 g/mol. The molecule has 1 fully saturated rings. The van der Waals surface area contributed by atoms with Gasteiger partial charge in [-0.2, -0.15) is 5.26 Å². The van der Waals surface area contributed by atoms with Crippen molar-refractivity contribution in [2.45, 2.75) is 44.8 Å². The number of hydrogen-bond donors (Lipinski definition) is 0. The molecule has 0 saturated carbocycles. The minimum atomic E-state index is -1.28. The van der Waals surface area contributed by atoms with Gasteiger partial charge in [-0.15, -0.1) is 0 Å². The molecule has 0 spiro atoms. The Bertz CT molecular complexity index is 665. The highest BCUT2D eigenvalue weighted by Gasteiger charge is 2.40. The zero-order valence-electron chi connectivity index (χ0n) is 13.1. The highest BCUT2D eigenvalue weighted by Crippen LogP contribution is 2.35. The number of nitriles is 1. The first-order valence-corrected chi connectivity index (χ1v) is 7.16. The number of halogens is 3. The van der Waals surface area contributed by atoms with Crippen molar-refractivity contribution in [3.63, 3.8) is 0 Å². The lowest BCUT2D eigenvalue weighted by Crippen LogP contribution is -2.39. The number of rotatable bonds is 1. The predicted octanol–water partition coefficient (Wildman–Crippen LogP) is 3.72. The quantitative estimate of drug-likeness (QED) is 0.739. The fourth-order valence-electron chi connectivity index (χ4n) is 2.61. The number of ether oxygens (including phenoxy) is 1. The molecule has 7 heteroatoms. The summed E-state index contributed by atoms with van der Waals surface area (Å²) in [5.74, 6) is -4.14. The van der Waals surface area contributed by atoms with E-state index in [2.05, 4.69) is 0 Å². The molecule has 1 amide bonds. The van der Waals surface area contributed by atoms with E-state index in [0.29, 0.717) is 6.07 Å². The molecular formula is C16H17F3N2O2. The molecule has 2 atom stereocenters. The van der Waals surface area contributed by atoms with Crippen molar-refractivity contribution in [2.75, 3.05) is 6.54 Å². The van der Waals surface area contributed by atoms with Gasteiger partial charge in [0, 0.05) is 18.0 Å². The summed E-state index contributed by atoms with van der Waals surface area (Å²) in [7, 11) is 0. The number of amides is 1. The van der Waals surface area contributed by atoms with E-state index in [-0.39, 0.29) is 13.0 Å². The summed E-state index contributed by atoms with van der Waals surface area (Å²) >= 11 is 0. The van der Waals surface area contributed by atoms with E-state index in [4.69, 9.17) is 4.74 Å². The summed E-state index contributed by atoms with van der Waals surface area (Å²) in [4.78, 5) is 13.3. The molecule has 124 valence electrons. The number of likely N-dealkylation sites (tertiary alicyclic amines) is 1. The Morgan fingerprint density at radius 2 is 1.91 bits per heavy atom. The molecule has 0 radical (unpaired) electrons. The van der Waals surface area contributed by atoms with E-state index >= 15 is 0 Å². The van der Waals surface area contributed by atoms with Crippen LogP contribution in [0.4, 0.5) is 18.0 Å². The van der Waals surface area contributed by atoms with Crippen LogP contribution in [0, 0.1) is 28.8 Å². The molecule has 0 N–H and O–H groups in total. The standard InChI is InChI=1S/C16H17F3N2O2/c1-16(2,3)23-15(22)21-8-9(6-10(21)7-20)13-11(17)4-5-12(18)14(13)19/h4-5,9-10H,6,8H2,1-3H3. The highest BCUT2D eigenvalue weighted by atomic mass is 19.2. The smallest absolute Gasteiger partial charge is 0.411 e. The van der Waals surface area contributed by atoms with Gasteiger partial charge in [0.1, 0.15) is 17.5 Å². The normalized spacial score (nSPS) is 21.2. The van der Waals surface area contributed by atoms with Gasteiger partial charge in [-0.05, 0) is 39.3 Å². The predicted molar refractivity (Wildman–Crippen MR) is 76.0 cm³/mol. The third-order valence-corrected chi connectivity index (χ3v) is 3.57. The van der Waals surface area contributed by atoms with Crippen LogP contribution in [0.5, 0.6) is 0 Å². The summed E-state index contributed by atoms with van der Waals surface area (Å²) in [6, 6.07) is 2.59. The summed E-state index contributed by atoms with van der Waals surface area (Å²) in [5, 5.41) is 9.18. The van der Waals surface area contributed by atoms with Crippen LogP contribution in [-0.2, 0) is 4.74 Å². The topological polar surface area (TPSA) is 53.3 Å². The minimum Gasteiger partial charge on any atom is -0.444 e. The number of carbonyl (C=O) groups excluding carboxylic acids is 1. The molecule has 0 aliphatic carbocycles. The molecule has 0 aromatic heterocycles. The van der Waals surface area contributed by atoms with Crippen molar-refractivity contribution < 1.29 is 22.7 Å². The summed E-state index contributed by atoms with van der Waals surface area (Å²) in [5.41, 5.74) is -1.19. The van der Waals surface area contributed by atoms with Crippen molar-refractivity contribution in [3.8, 4) is 6.07 Å². The van der Waals surface area contributed by atoms with Crippen molar-refractivity contribution in [3.05, 3.63) is 35.1 Å². The van der Waals surface area contributed by atoms with Gasteiger partial charge in [0.15, 0.2) is 11.6 Å².